The van der Waals surface area contributed by atoms with Gasteiger partial charge in [0.15, 0.2) is 5.78 Å². The summed E-state index contributed by atoms with van der Waals surface area (Å²) in [5.74, 6) is 0.101. The van der Waals surface area contributed by atoms with Gasteiger partial charge in [0.25, 0.3) is 0 Å². The maximum atomic E-state index is 12.3. The number of hydrogen-bond donors (Lipinski definition) is 0. The zero-order chi connectivity index (χ0) is 13.2. The van der Waals surface area contributed by atoms with E-state index in [0.717, 1.165) is 19.5 Å². The molecule has 19 heavy (non-hydrogen) atoms. The minimum atomic E-state index is 0.101. The van der Waals surface area contributed by atoms with Gasteiger partial charge in [0.2, 0.25) is 0 Å². The van der Waals surface area contributed by atoms with Crippen LogP contribution < -0.4 is 0 Å². The molecule has 98 valence electrons. The number of rotatable bonds is 3. The number of carbonyl (C=O) groups excluding carboxylic acids is 1. The lowest BCUT2D eigenvalue weighted by molar-refractivity contribution is 0.0922. The molecule has 0 unspecified atom stereocenters. The van der Waals surface area contributed by atoms with Crippen molar-refractivity contribution in [3.05, 3.63) is 56.7 Å². The molecular weight excluding hydrogens is 278 g/mol. The third-order valence-corrected chi connectivity index (χ3v) is 4.78. The Balaban J connectivity index is 1.70. The monoisotopic (exact) mass is 291 g/mol. The molecule has 0 atom stereocenters. The van der Waals surface area contributed by atoms with E-state index in [9.17, 15) is 4.79 Å². The van der Waals surface area contributed by atoms with Crippen LogP contribution in [0.5, 0.6) is 0 Å². The largest absolute Gasteiger partial charge is 0.293 e. The lowest BCUT2D eigenvalue weighted by Gasteiger charge is -2.26. The van der Waals surface area contributed by atoms with Gasteiger partial charge in [-0.15, -0.1) is 11.3 Å². The fourth-order valence-electron chi connectivity index (χ4n) is 2.42. The van der Waals surface area contributed by atoms with Gasteiger partial charge in [-0.2, -0.15) is 0 Å². The molecule has 3 rings (SSSR count). The van der Waals surface area contributed by atoms with Gasteiger partial charge in [-0.25, -0.2) is 0 Å². The van der Waals surface area contributed by atoms with Gasteiger partial charge >= 0.3 is 0 Å². The number of fused-ring (bicyclic) bond motifs is 1. The quantitative estimate of drug-likeness (QED) is 0.805. The van der Waals surface area contributed by atoms with Crippen molar-refractivity contribution in [3.8, 4) is 0 Å². The molecule has 1 aromatic heterocycles. The molecule has 2 aromatic rings. The van der Waals surface area contributed by atoms with Gasteiger partial charge in [-0.05, 0) is 35.6 Å². The predicted octanol–water partition coefficient (Wildman–Crippen LogP) is 3.64. The number of nitrogens with zero attached hydrogens (tertiary/aromatic N) is 1. The van der Waals surface area contributed by atoms with E-state index in [1.54, 1.807) is 12.1 Å². The van der Waals surface area contributed by atoms with E-state index >= 15 is 0 Å². The molecule has 1 aromatic carbocycles. The summed E-state index contributed by atoms with van der Waals surface area (Å²) in [7, 11) is 0. The first kappa shape index (κ1) is 12.9. The van der Waals surface area contributed by atoms with E-state index in [1.807, 2.05) is 23.5 Å². The second-order valence-corrected chi connectivity index (χ2v) is 6.14. The molecular formula is C15H14ClNOS. The SMILES string of the molecule is O=C(CN1CCc2sccc2C1)c1ccccc1Cl. The second-order valence-electron chi connectivity index (χ2n) is 4.73. The molecule has 4 heteroatoms. The zero-order valence-corrected chi connectivity index (χ0v) is 12.0. The van der Waals surface area contributed by atoms with E-state index in [2.05, 4.69) is 16.3 Å². The van der Waals surface area contributed by atoms with E-state index in [0.29, 0.717) is 17.1 Å². The summed E-state index contributed by atoms with van der Waals surface area (Å²) in [5, 5.41) is 2.67. The topological polar surface area (TPSA) is 20.3 Å². The Bertz CT molecular complexity index is 608. The molecule has 2 nitrogen and oxygen atoms in total. The highest BCUT2D eigenvalue weighted by Crippen LogP contribution is 2.24. The first-order chi connectivity index (χ1) is 9.24. The molecule has 0 fully saturated rings. The third kappa shape index (κ3) is 2.73. The van der Waals surface area contributed by atoms with E-state index < -0.39 is 0 Å². The van der Waals surface area contributed by atoms with Crippen LogP contribution in [0.4, 0.5) is 0 Å². The van der Waals surface area contributed by atoms with Crippen LogP contribution in [0.1, 0.15) is 20.8 Å². The summed E-state index contributed by atoms with van der Waals surface area (Å²) in [4.78, 5) is 15.9. The maximum absolute atomic E-state index is 12.3. The van der Waals surface area contributed by atoms with Crippen LogP contribution in [0.3, 0.4) is 0 Å². The Labute approximate surface area is 121 Å². The van der Waals surface area contributed by atoms with Crippen LogP contribution in [-0.4, -0.2) is 23.8 Å². The van der Waals surface area contributed by atoms with Crippen LogP contribution >= 0.6 is 22.9 Å². The van der Waals surface area contributed by atoms with Crippen LogP contribution in [0, 0.1) is 0 Å². The third-order valence-electron chi connectivity index (χ3n) is 3.43. The normalized spacial score (nSPS) is 15.2. The summed E-state index contributed by atoms with van der Waals surface area (Å²) in [5.41, 5.74) is 1.99. The van der Waals surface area contributed by atoms with Gasteiger partial charge < -0.3 is 0 Å². The summed E-state index contributed by atoms with van der Waals surface area (Å²) in [6.07, 6.45) is 1.04. The van der Waals surface area contributed by atoms with Crippen LogP contribution in [0.25, 0.3) is 0 Å². The van der Waals surface area contributed by atoms with Gasteiger partial charge in [-0.1, -0.05) is 23.7 Å². The molecule has 0 saturated heterocycles. The molecule has 2 heterocycles. The van der Waals surface area contributed by atoms with Crippen molar-refractivity contribution in [3.63, 3.8) is 0 Å². The van der Waals surface area contributed by atoms with Crippen molar-refractivity contribution < 1.29 is 4.79 Å². The summed E-state index contributed by atoms with van der Waals surface area (Å²) in [6, 6.07) is 9.42. The first-order valence-corrected chi connectivity index (χ1v) is 7.55. The van der Waals surface area contributed by atoms with E-state index in [-0.39, 0.29) is 5.78 Å². The summed E-state index contributed by atoms with van der Waals surface area (Å²) >= 11 is 7.88. The average Bonchev–Trinajstić information content (AvgIpc) is 2.86. The molecule has 0 saturated carbocycles. The van der Waals surface area contributed by atoms with Crippen molar-refractivity contribution >= 4 is 28.7 Å². The second kappa shape index (κ2) is 5.45. The smallest absolute Gasteiger partial charge is 0.178 e. The first-order valence-electron chi connectivity index (χ1n) is 6.29. The maximum Gasteiger partial charge on any atom is 0.178 e. The highest BCUT2D eigenvalue weighted by Gasteiger charge is 2.20. The average molecular weight is 292 g/mol. The van der Waals surface area contributed by atoms with Gasteiger partial charge in [0.05, 0.1) is 11.6 Å². The lowest BCUT2D eigenvalue weighted by Crippen LogP contribution is -2.34. The van der Waals surface area contributed by atoms with E-state index in [1.165, 1.54) is 10.4 Å². The number of halogens is 1. The number of hydrogen-bond acceptors (Lipinski definition) is 3. The molecule has 0 spiro atoms. The molecule has 0 aliphatic carbocycles. The molecule has 0 N–H and O–H groups in total. The molecule has 0 bridgehead atoms. The van der Waals surface area contributed by atoms with Crippen LogP contribution in [0.2, 0.25) is 5.02 Å². The Hall–Kier alpha value is -1.16. The zero-order valence-electron chi connectivity index (χ0n) is 10.4. The fourth-order valence-corrected chi connectivity index (χ4v) is 3.55. The van der Waals surface area contributed by atoms with E-state index in [4.69, 9.17) is 11.6 Å². The molecule has 0 radical (unpaired) electrons. The number of benzene rings is 1. The van der Waals surface area contributed by atoms with Gasteiger partial charge in [-0.3, -0.25) is 9.69 Å². The summed E-state index contributed by atoms with van der Waals surface area (Å²) in [6.45, 7) is 2.26. The fraction of sp³-hybridized carbons (Fsp3) is 0.267. The standard InChI is InChI=1S/C15H14ClNOS/c16-13-4-2-1-3-12(13)14(18)10-17-7-5-15-11(9-17)6-8-19-15/h1-4,6,8H,5,7,9-10H2. The number of thiophene rings is 1. The minimum Gasteiger partial charge on any atom is -0.293 e. The predicted molar refractivity (Wildman–Crippen MR) is 79.1 cm³/mol. The number of ketones is 1. The van der Waals surface area contributed by atoms with Crippen molar-refractivity contribution in [2.24, 2.45) is 0 Å². The number of carbonyl (C=O) groups is 1. The minimum absolute atomic E-state index is 0.101. The van der Waals surface area contributed by atoms with Crippen molar-refractivity contribution in [2.75, 3.05) is 13.1 Å². The van der Waals surface area contributed by atoms with Crippen molar-refractivity contribution in [1.82, 2.24) is 4.90 Å². The lowest BCUT2D eigenvalue weighted by atomic mass is 10.1. The van der Waals surface area contributed by atoms with Gasteiger partial charge in [0.1, 0.15) is 0 Å². The van der Waals surface area contributed by atoms with Crippen molar-refractivity contribution in [1.29, 1.82) is 0 Å². The summed E-state index contributed by atoms with van der Waals surface area (Å²) < 4.78 is 0. The van der Waals surface area contributed by atoms with Crippen molar-refractivity contribution in [2.45, 2.75) is 13.0 Å². The Kier molecular flexibility index (Phi) is 3.69. The highest BCUT2D eigenvalue weighted by atomic mass is 35.5. The molecule has 1 aliphatic heterocycles. The van der Waals surface area contributed by atoms with Crippen LogP contribution in [0.15, 0.2) is 35.7 Å². The Morgan fingerprint density at radius 3 is 3.00 bits per heavy atom. The Morgan fingerprint density at radius 2 is 2.16 bits per heavy atom. The molecule has 0 amide bonds. The highest BCUT2D eigenvalue weighted by molar-refractivity contribution is 7.10. The number of Topliss-reactive ketones (excluding diaryl/α,β-unsaturated/α-hetero) is 1. The van der Waals surface area contributed by atoms with Crippen LogP contribution in [-0.2, 0) is 13.0 Å². The molecule has 1 aliphatic rings. The van der Waals surface area contributed by atoms with Gasteiger partial charge in [0, 0.05) is 23.5 Å². The Morgan fingerprint density at radius 1 is 1.32 bits per heavy atom.